The maximum Gasteiger partial charge on any atom is 0.417 e. The molecule has 2 N–H and O–H groups in total. The maximum atomic E-state index is 13.4. The molecule has 11 nitrogen and oxygen atoms in total. The van der Waals surface area contributed by atoms with Crippen molar-refractivity contribution in [2.45, 2.75) is 50.9 Å². The van der Waals surface area contributed by atoms with Gasteiger partial charge in [0.05, 0.1) is 78.2 Å². The summed E-state index contributed by atoms with van der Waals surface area (Å²) in [6, 6.07) is 19.2. The van der Waals surface area contributed by atoms with E-state index in [1.165, 1.54) is 13.8 Å². The summed E-state index contributed by atoms with van der Waals surface area (Å²) >= 11 is 0. The van der Waals surface area contributed by atoms with E-state index in [4.69, 9.17) is 38.3 Å². The van der Waals surface area contributed by atoms with Crippen molar-refractivity contribution in [3.05, 3.63) is 89.6 Å². The molecule has 0 spiro atoms. The second kappa shape index (κ2) is 23.0. The molecule has 2 atom stereocenters. The number of nitrogens with one attached hydrogen (secondary N) is 1. The molecule has 0 radical (unpaired) electrons. The van der Waals surface area contributed by atoms with Gasteiger partial charge in [0.25, 0.3) is 5.91 Å². The highest BCUT2D eigenvalue weighted by atomic mass is 19.4. The zero-order valence-electron chi connectivity index (χ0n) is 30.1. The molecule has 0 aliphatic carbocycles. The summed E-state index contributed by atoms with van der Waals surface area (Å²) in [6.07, 6.45) is -3.23. The van der Waals surface area contributed by atoms with Crippen LogP contribution in [0.15, 0.2) is 72.9 Å². The second-order valence-electron chi connectivity index (χ2n) is 12.3. The third-order valence-electron chi connectivity index (χ3n) is 7.74. The van der Waals surface area contributed by atoms with Crippen LogP contribution in [0, 0.1) is 0 Å². The summed E-state index contributed by atoms with van der Waals surface area (Å²) in [6.45, 7) is 9.51. The molecule has 0 aliphatic heterocycles. The molecular formula is C38H51F3N2O9. The normalized spacial score (nSPS) is 13.1. The van der Waals surface area contributed by atoms with Crippen LogP contribution >= 0.6 is 0 Å². The van der Waals surface area contributed by atoms with Gasteiger partial charge in [-0.3, -0.25) is 4.79 Å². The highest BCUT2D eigenvalue weighted by Gasteiger charge is 2.35. The number of pyridine rings is 1. The van der Waals surface area contributed by atoms with Crippen molar-refractivity contribution in [3.63, 3.8) is 0 Å². The number of amides is 1. The summed E-state index contributed by atoms with van der Waals surface area (Å²) < 4.78 is 77.6. The highest BCUT2D eigenvalue weighted by molar-refractivity contribution is 5.85. The van der Waals surface area contributed by atoms with Crippen molar-refractivity contribution in [2.75, 3.05) is 79.3 Å². The van der Waals surface area contributed by atoms with E-state index in [0.29, 0.717) is 91.0 Å². The molecule has 0 bridgehead atoms. The quantitative estimate of drug-likeness (QED) is 0.106. The zero-order chi connectivity index (χ0) is 37.7. The zero-order valence-corrected chi connectivity index (χ0v) is 30.1. The lowest BCUT2D eigenvalue weighted by Gasteiger charge is -2.31. The van der Waals surface area contributed by atoms with Crippen LogP contribution in [0.1, 0.15) is 43.4 Å². The van der Waals surface area contributed by atoms with Crippen LogP contribution in [0.5, 0.6) is 11.6 Å². The van der Waals surface area contributed by atoms with E-state index in [-0.39, 0.29) is 24.4 Å². The number of aromatic nitrogens is 1. The van der Waals surface area contributed by atoms with E-state index in [0.717, 1.165) is 23.3 Å². The Hall–Kier alpha value is -3.79. The van der Waals surface area contributed by atoms with Gasteiger partial charge in [-0.05, 0) is 56.5 Å². The Kier molecular flexibility index (Phi) is 18.8. The van der Waals surface area contributed by atoms with Gasteiger partial charge < -0.3 is 43.6 Å². The maximum absolute atomic E-state index is 13.4. The van der Waals surface area contributed by atoms with Crippen LogP contribution in [0.3, 0.4) is 0 Å². The molecule has 1 heterocycles. The molecule has 288 valence electrons. The number of carbonyl (C=O) groups is 1. The number of rotatable bonds is 26. The van der Waals surface area contributed by atoms with Crippen molar-refractivity contribution in [1.29, 1.82) is 0 Å². The molecule has 2 unspecified atom stereocenters. The minimum Gasteiger partial charge on any atom is -0.491 e. The molecular weight excluding hydrogens is 685 g/mol. The second-order valence-corrected chi connectivity index (χ2v) is 12.3. The molecule has 1 amide bonds. The number of aliphatic hydroxyl groups is 1. The predicted octanol–water partition coefficient (Wildman–Crippen LogP) is 5.24. The third-order valence-corrected chi connectivity index (χ3v) is 7.74. The van der Waals surface area contributed by atoms with Gasteiger partial charge in [-0.25, -0.2) is 4.98 Å². The largest absolute Gasteiger partial charge is 0.491 e. The Balaban J connectivity index is 1.44. The summed E-state index contributed by atoms with van der Waals surface area (Å²) in [5.41, 5.74) is -0.293. The van der Waals surface area contributed by atoms with Gasteiger partial charge >= 0.3 is 6.18 Å². The average molecular weight is 737 g/mol. The first-order chi connectivity index (χ1) is 25.0. The fraction of sp³-hybridized carbons (Fsp3) is 0.526. The number of hydrogen-bond acceptors (Lipinski definition) is 10. The number of nitrogens with zero attached hydrogens (tertiary/aromatic N) is 1. The highest BCUT2D eigenvalue weighted by Crippen LogP contribution is 2.31. The van der Waals surface area contributed by atoms with Gasteiger partial charge in [0, 0.05) is 24.2 Å². The van der Waals surface area contributed by atoms with Crippen LogP contribution in [-0.2, 0) is 41.1 Å². The topological polar surface area (TPSA) is 127 Å². The molecule has 0 fully saturated rings. The SMILES string of the molecule is CC(NC(=O)C(C)(C)Oc1ccc(C(F)(F)F)cn1)C(Cc1ccccc1)c1cccc(OCCOCCOCCOCCOCCOCCO)c1. The lowest BCUT2D eigenvalue weighted by Crippen LogP contribution is -2.51. The number of alkyl halides is 3. The van der Waals surface area contributed by atoms with Gasteiger partial charge in [-0.1, -0.05) is 42.5 Å². The Bertz CT molecular complexity index is 1410. The summed E-state index contributed by atoms with van der Waals surface area (Å²) in [7, 11) is 0. The summed E-state index contributed by atoms with van der Waals surface area (Å²) in [4.78, 5) is 17.2. The molecule has 1 aromatic heterocycles. The molecule has 3 aromatic rings. The van der Waals surface area contributed by atoms with Gasteiger partial charge in [-0.15, -0.1) is 0 Å². The van der Waals surface area contributed by atoms with Gasteiger partial charge in [0.2, 0.25) is 5.88 Å². The smallest absolute Gasteiger partial charge is 0.417 e. The van der Waals surface area contributed by atoms with Crippen molar-refractivity contribution < 1.29 is 56.2 Å². The van der Waals surface area contributed by atoms with Crippen LogP contribution in [0.2, 0.25) is 0 Å². The standard InChI is InChI=1S/C38H51F3N2O9/c1-29(43-36(45)37(2,3)52-35-13-12-32(28-42-35)38(39,40)41)34(26-30-8-5-4-6-9-30)31-10-7-11-33(27-31)51-25-24-50-23-22-49-21-20-48-19-18-47-17-16-46-15-14-44/h4-13,27-29,34,44H,14-26H2,1-3H3,(H,43,45). The lowest BCUT2D eigenvalue weighted by atomic mass is 9.86. The third kappa shape index (κ3) is 16.3. The fourth-order valence-electron chi connectivity index (χ4n) is 4.95. The van der Waals surface area contributed by atoms with E-state index in [1.54, 1.807) is 0 Å². The molecule has 0 saturated heterocycles. The molecule has 14 heteroatoms. The number of ether oxygens (including phenoxy) is 7. The van der Waals surface area contributed by atoms with E-state index in [1.807, 2.05) is 61.5 Å². The predicted molar refractivity (Wildman–Crippen MR) is 188 cm³/mol. The van der Waals surface area contributed by atoms with Crippen molar-refractivity contribution in [2.24, 2.45) is 0 Å². The molecule has 3 rings (SSSR count). The van der Waals surface area contributed by atoms with Crippen molar-refractivity contribution >= 4 is 5.91 Å². The Morgan fingerprint density at radius 3 is 1.88 bits per heavy atom. The van der Waals surface area contributed by atoms with E-state index in [9.17, 15) is 18.0 Å². The van der Waals surface area contributed by atoms with Gasteiger partial charge in [-0.2, -0.15) is 13.2 Å². The Morgan fingerprint density at radius 1 is 0.769 bits per heavy atom. The first kappa shape index (κ1) is 42.6. The van der Waals surface area contributed by atoms with Gasteiger partial charge in [0.1, 0.15) is 12.4 Å². The van der Waals surface area contributed by atoms with Crippen LogP contribution in [0.4, 0.5) is 13.2 Å². The molecule has 0 saturated carbocycles. The lowest BCUT2D eigenvalue weighted by molar-refractivity contribution is -0.138. The number of carbonyl (C=O) groups excluding carboxylic acids is 1. The minimum atomic E-state index is -4.53. The number of halogens is 3. The number of benzene rings is 2. The van der Waals surface area contributed by atoms with Crippen LogP contribution in [0.25, 0.3) is 0 Å². The Morgan fingerprint density at radius 2 is 1.35 bits per heavy atom. The van der Waals surface area contributed by atoms with E-state index in [2.05, 4.69) is 10.3 Å². The van der Waals surface area contributed by atoms with Gasteiger partial charge in [0.15, 0.2) is 5.60 Å². The van der Waals surface area contributed by atoms with Crippen molar-refractivity contribution in [3.8, 4) is 11.6 Å². The van der Waals surface area contributed by atoms with Crippen molar-refractivity contribution in [1.82, 2.24) is 10.3 Å². The van der Waals surface area contributed by atoms with Crippen LogP contribution in [-0.4, -0.2) is 107 Å². The monoisotopic (exact) mass is 736 g/mol. The molecule has 2 aromatic carbocycles. The minimum absolute atomic E-state index is 0.00161. The van der Waals surface area contributed by atoms with E-state index < -0.39 is 23.2 Å². The average Bonchev–Trinajstić information content (AvgIpc) is 3.12. The Labute approximate surface area is 303 Å². The van der Waals surface area contributed by atoms with E-state index >= 15 is 0 Å². The number of aliphatic hydroxyl groups excluding tert-OH is 1. The number of hydrogen-bond donors (Lipinski definition) is 2. The molecule has 0 aliphatic rings. The summed E-state index contributed by atoms with van der Waals surface area (Å²) in [5, 5.41) is 11.7. The first-order valence-electron chi connectivity index (χ1n) is 17.3. The molecule has 52 heavy (non-hydrogen) atoms. The first-order valence-corrected chi connectivity index (χ1v) is 17.3. The fourth-order valence-corrected chi connectivity index (χ4v) is 4.95. The summed E-state index contributed by atoms with van der Waals surface area (Å²) in [5.74, 6) is -0.0328. The van der Waals surface area contributed by atoms with Crippen LogP contribution < -0.4 is 14.8 Å².